The maximum absolute atomic E-state index is 13.9. The van der Waals surface area contributed by atoms with E-state index in [1.54, 1.807) is 31.2 Å². The van der Waals surface area contributed by atoms with Crippen molar-refractivity contribution in [2.24, 2.45) is 0 Å². The highest BCUT2D eigenvalue weighted by Gasteiger charge is 2.21. The van der Waals surface area contributed by atoms with Gasteiger partial charge in [0.1, 0.15) is 5.82 Å². The zero-order valence-corrected chi connectivity index (χ0v) is 15.9. The van der Waals surface area contributed by atoms with Crippen molar-refractivity contribution in [2.75, 3.05) is 18.4 Å². The van der Waals surface area contributed by atoms with Crippen LogP contribution in [0.4, 0.5) is 10.1 Å². The molecule has 144 valence electrons. The molecular weight excluding hydrogens is 369 g/mol. The molecule has 1 aliphatic rings. The molecule has 0 saturated carbocycles. The number of aryl methyl sites for hydroxylation is 1. The van der Waals surface area contributed by atoms with E-state index in [-0.39, 0.29) is 29.9 Å². The molecule has 5 nitrogen and oxygen atoms in total. The highest BCUT2D eigenvalue weighted by Crippen LogP contribution is 2.22. The lowest BCUT2D eigenvalue weighted by Crippen LogP contribution is -2.45. The van der Waals surface area contributed by atoms with Crippen LogP contribution in [0, 0.1) is 12.7 Å². The molecule has 1 heterocycles. The summed E-state index contributed by atoms with van der Waals surface area (Å²) >= 11 is 0. The number of para-hydroxylation sites is 1. The van der Waals surface area contributed by atoms with E-state index < -0.39 is 11.7 Å². The fourth-order valence-electron chi connectivity index (χ4n) is 3.09. The van der Waals surface area contributed by atoms with E-state index in [4.69, 9.17) is 0 Å². The van der Waals surface area contributed by atoms with Gasteiger partial charge in [-0.25, -0.2) is 4.39 Å². The highest BCUT2D eigenvalue weighted by atomic mass is 35.5. The summed E-state index contributed by atoms with van der Waals surface area (Å²) in [5, 5.41) is 8.95. The van der Waals surface area contributed by atoms with Crippen molar-refractivity contribution in [1.82, 2.24) is 10.6 Å². The fourth-order valence-corrected chi connectivity index (χ4v) is 3.09. The van der Waals surface area contributed by atoms with Gasteiger partial charge in [0.15, 0.2) is 0 Å². The van der Waals surface area contributed by atoms with Gasteiger partial charge in [-0.2, -0.15) is 0 Å². The van der Waals surface area contributed by atoms with Crippen LogP contribution >= 0.6 is 12.4 Å². The average molecular weight is 392 g/mol. The second-order valence-corrected chi connectivity index (χ2v) is 6.45. The number of carbonyl (C=O) groups excluding carboxylic acids is 2. The maximum atomic E-state index is 13.9. The molecule has 1 saturated heterocycles. The van der Waals surface area contributed by atoms with Crippen molar-refractivity contribution in [3.63, 3.8) is 0 Å². The van der Waals surface area contributed by atoms with Crippen molar-refractivity contribution in [2.45, 2.75) is 25.8 Å². The molecule has 2 aromatic rings. The van der Waals surface area contributed by atoms with Gasteiger partial charge in [0, 0.05) is 12.6 Å². The standard InChI is InChI=1S/C20H22FN3O2.ClH/c1-13-6-4-9-16(20(26)23-14-7-5-11-22-12-14)18(13)24-19(25)15-8-2-3-10-17(15)21;/h2-4,6,8-10,14,22H,5,7,11-12H2,1H3,(H,23,26)(H,24,25);1H/t14-;/m0./s1. The highest BCUT2D eigenvalue weighted by molar-refractivity contribution is 6.09. The number of carbonyl (C=O) groups is 2. The number of piperidine rings is 1. The molecule has 3 N–H and O–H groups in total. The van der Waals surface area contributed by atoms with Crippen LogP contribution in [0.5, 0.6) is 0 Å². The van der Waals surface area contributed by atoms with Crippen molar-refractivity contribution >= 4 is 29.9 Å². The van der Waals surface area contributed by atoms with E-state index in [0.717, 1.165) is 31.5 Å². The number of hydrogen-bond donors (Lipinski definition) is 3. The largest absolute Gasteiger partial charge is 0.348 e. The van der Waals surface area contributed by atoms with Crippen LogP contribution < -0.4 is 16.0 Å². The number of anilines is 1. The van der Waals surface area contributed by atoms with Gasteiger partial charge in [0.2, 0.25) is 0 Å². The van der Waals surface area contributed by atoms with Gasteiger partial charge in [-0.3, -0.25) is 9.59 Å². The van der Waals surface area contributed by atoms with Crippen molar-refractivity contribution in [3.05, 3.63) is 65.0 Å². The second-order valence-electron chi connectivity index (χ2n) is 6.45. The minimum atomic E-state index is -0.599. The van der Waals surface area contributed by atoms with Gasteiger partial charge in [-0.05, 0) is 50.1 Å². The van der Waals surface area contributed by atoms with Gasteiger partial charge < -0.3 is 16.0 Å². The Labute approximate surface area is 164 Å². The maximum Gasteiger partial charge on any atom is 0.258 e. The number of amides is 2. The predicted octanol–water partition coefficient (Wildman–Crippen LogP) is 3.29. The lowest BCUT2D eigenvalue weighted by Gasteiger charge is -2.24. The molecule has 0 bridgehead atoms. The lowest BCUT2D eigenvalue weighted by molar-refractivity contribution is 0.0931. The Morgan fingerprint density at radius 2 is 1.81 bits per heavy atom. The fraction of sp³-hybridized carbons (Fsp3) is 0.300. The smallest absolute Gasteiger partial charge is 0.258 e. The Morgan fingerprint density at radius 3 is 2.52 bits per heavy atom. The van der Waals surface area contributed by atoms with Gasteiger partial charge in [0.25, 0.3) is 11.8 Å². The van der Waals surface area contributed by atoms with E-state index in [1.807, 2.05) is 0 Å². The molecule has 1 fully saturated rings. The van der Waals surface area contributed by atoms with Crippen LogP contribution in [0.15, 0.2) is 42.5 Å². The molecule has 0 unspecified atom stereocenters. The number of benzene rings is 2. The van der Waals surface area contributed by atoms with Crippen molar-refractivity contribution < 1.29 is 14.0 Å². The quantitative estimate of drug-likeness (QED) is 0.749. The SMILES string of the molecule is Cc1cccc(C(=O)N[C@H]2CCCNC2)c1NC(=O)c1ccccc1F.Cl. The first-order valence-corrected chi connectivity index (χ1v) is 8.73. The molecule has 2 amide bonds. The summed E-state index contributed by atoms with van der Waals surface area (Å²) in [6.07, 6.45) is 1.93. The molecule has 0 aliphatic carbocycles. The van der Waals surface area contributed by atoms with Gasteiger partial charge >= 0.3 is 0 Å². The summed E-state index contributed by atoms with van der Waals surface area (Å²) in [5.74, 6) is -1.42. The Balaban J connectivity index is 0.00000261. The molecule has 1 atom stereocenters. The Morgan fingerprint density at radius 1 is 1.07 bits per heavy atom. The first-order chi connectivity index (χ1) is 12.6. The topological polar surface area (TPSA) is 70.2 Å². The molecule has 7 heteroatoms. The third-order valence-corrected chi connectivity index (χ3v) is 4.51. The first-order valence-electron chi connectivity index (χ1n) is 8.73. The van der Waals surface area contributed by atoms with Gasteiger partial charge in [-0.1, -0.05) is 24.3 Å². The number of rotatable bonds is 4. The number of nitrogens with one attached hydrogen (secondary N) is 3. The summed E-state index contributed by atoms with van der Waals surface area (Å²) < 4.78 is 13.9. The summed E-state index contributed by atoms with van der Waals surface area (Å²) in [5.41, 5.74) is 1.46. The molecule has 27 heavy (non-hydrogen) atoms. The Bertz CT molecular complexity index is 823. The summed E-state index contributed by atoms with van der Waals surface area (Å²) in [7, 11) is 0. The third kappa shape index (κ3) is 5.05. The Kier molecular flexibility index (Phi) is 7.33. The first kappa shape index (κ1) is 20.9. The normalized spacial score (nSPS) is 16.1. The summed E-state index contributed by atoms with van der Waals surface area (Å²) in [4.78, 5) is 25.2. The van der Waals surface area contributed by atoms with Crippen molar-refractivity contribution in [3.8, 4) is 0 Å². The van der Waals surface area contributed by atoms with Crippen LogP contribution in [-0.2, 0) is 0 Å². The molecule has 0 aromatic heterocycles. The van der Waals surface area contributed by atoms with E-state index in [9.17, 15) is 14.0 Å². The van der Waals surface area contributed by atoms with Gasteiger partial charge in [0.05, 0.1) is 16.8 Å². The molecule has 2 aromatic carbocycles. The van der Waals surface area contributed by atoms with Crippen LogP contribution in [0.2, 0.25) is 0 Å². The van der Waals surface area contributed by atoms with E-state index >= 15 is 0 Å². The predicted molar refractivity (Wildman–Crippen MR) is 106 cm³/mol. The average Bonchev–Trinajstić information content (AvgIpc) is 2.64. The van der Waals surface area contributed by atoms with Crippen molar-refractivity contribution in [1.29, 1.82) is 0 Å². The number of hydrogen-bond acceptors (Lipinski definition) is 3. The zero-order chi connectivity index (χ0) is 18.5. The van der Waals surface area contributed by atoms with Crippen LogP contribution in [0.3, 0.4) is 0 Å². The Hall–Kier alpha value is -2.44. The molecule has 0 spiro atoms. The molecule has 0 radical (unpaired) electrons. The third-order valence-electron chi connectivity index (χ3n) is 4.51. The molecule has 3 rings (SSSR count). The summed E-state index contributed by atoms with van der Waals surface area (Å²) in [6.45, 7) is 3.49. The second kappa shape index (κ2) is 9.48. The van der Waals surface area contributed by atoms with E-state index in [1.165, 1.54) is 18.2 Å². The summed E-state index contributed by atoms with van der Waals surface area (Å²) in [6, 6.07) is 11.1. The monoisotopic (exact) mass is 391 g/mol. The van der Waals surface area contributed by atoms with Gasteiger partial charge in [-0.15, -0.1) is 12.4 Å². The van der Waals surface area contributed by atoms with E-state index in [0.29, 0.717) is 11.3 Å². The van der Waals surface area contributed by atoms with E-state index in [2.05, 4.69) is 16.0 Å². The molecule has 1 aliphatic heterocycles. The lowest BCUT2D eigenvalue weighted by atomic mass is 10.0. The minimum Gasteiger partial charge on any atom is -0.348 e. The van der Waals surface area contributed by atoms with Crippen LogP contribution in [0.25, 0.3) is 0 Å². The number of halogens is 2. The van der Waals surface area contributed by atoms with Crippen LogP contribution in [-0.4, -0.2) is 30.9 Å². The van der Waals surface area contributed by atoms with Crippen LogP contribution in [0.1, 0.15) is 39.1 Å². The zero-order valence-electron chi connectivity index (χ0n) is 15.0. The minimum absolute atomic E-state index is 0. The molecular formula is C20H23ClFN3O2.